The van der Waals surface area contributed by atoms with E-state index in [1.807, 2.05) is 0 Å². The molecule has 0 aromatic carbocycles. The number of hydrogen-bond acceptors (Lipinski definition) is 4. The SMILES string of the molecule is Cc1ncc(C(=O)NCC(=O)O)c(C)n1. The monoisotopic (exact) mass is 209 g/mol. The average molecular weight is 209 g/mol. The summed E-state index contributed by atoms with van der Waals surface area (Å²) in [5.41, 5.74) is 0.826. The first-order valence-corrected chi connectivity index (χ1v) is 4.31. The Labute approximate surface area is 86.4 Å². The molecule has 80 valence electrons. The number of carbonyl (C=O) groups is 2. The summed E-state index contributed by atoms with van der Waals surface area (Å²) in [4.78, 5) is 29.5. The molecular weight excluding hydrogens is 198 g/mol. The van der Waals surface area contributed by atoms with Crippen molar-refractivity contribution >= 4 is 11.9 Å². The van der Waals surface area contributed by atoms with Gasteiger partial charge in [0, 0.05) is 6.20 Å². The third-order valence-corrected chi connectivity index (χ3v) is 1.74. The predicted molar refractivity (Wildman–Crippen MR) is 51.5 cm³/mol. The Hall–Kier alpha value is -1.98. The standard InChI is InChI=1S/C9H11N3O3/c1-5-7(3-10-6(2)12-5)9(15)11-4-8(13)14/h3H,4H2,1-2H3,(H,11,15)(H,13,14). The number of amides is 1. The number of nitrogens with one attached hydrogen (secondary N) is 1. The molecule has 1 rings (SSSR count). The lowest BCUT2D eigenvalue weighted by Gasteiger charge is -2.04. The molecule has 0 atom stereocenters. The Morgan fingerprint density at radius 1 is 1.47 bits per heavy atom. The van der Waals surface area contributed by atoms with Crippen molar-refractivity contribution in [1.82, 2.24) is 15.3 Å². The van der Waals surface area contributed by atoms with Crippen LogP contribution in [0.2, 0.25) is 0 Å². The van der Waals surface area contributed by atoms with Gasteiger partial charge in [0.1, 0.15) is 12.4 Å². The van der Waals surface area contributed by atoms with Crippen molar-refractivity contribution < 1.29 is 14.7 Å². The molecule has 1 heterocycles. The molecule has 1 aromatic heterocycles. The molecular formula is C9H11N3O3. The number of carbonyl (C=O) groups excluding carboxylic acids is 1. The van der Waals surface area contributed by atoms with Gasteiger partial charge in [-0.25, -0.2) is 9.97 Å². The van der Waals surface area contributed by atoms with E-state index < -0.39 is 18.4 Å². The molecule has 1 amide bonds. The zero-order chi connectivity index (χ0) is 11.4. The van der Waals surface area contributed by atoms with Crippen LogP contribution in [-0.2, 0) is 4.79 Å². The summed E-state index contributed by atoms with van der Waals surface area (Å²) < 4.78 is 0. The maximum Gasteiger partial charge on any atom is 0.322 e. The van der Waals surface area contributed by atoms with Gasteiger partial charge >= 0.3 is 5.97 Å². The zero-order valence-corrected chi connectivity index (χ0v) is 8.44. The Morgan fingerprint density at radius 3 is 2.67 bits per heavy atom. The van der Waals surface area contributed by atoms with Gasteiger partial charge in [-0.3, -0.25) is 9.59 Å². The number of rotatable bonds is 3. The van der Waals surface area contributed by atoms with E-state index in [2.05, 4.69) is 15.3 Å². The van der Waals surface area contributed by atoms with Crippen molar-refractivity contribution in [3.63, 3.8) is 0 Å². The number of aromatic nitrogens is 2. The summed E-state index contributed by atoms with van der Waals surface area (Å²) in [5.74, 6) is -0.994. The normalized spacial score (nSPS) is 9.73. The fourth-order valence-corrected chi connectivity index (χ4v) is 1.06. The molecule has 2 N–H and O–H groups in total. The lowest BCUT2D eigenvalue weighted by atomic mass is 10.2. The van der Waals surface area contributed by atoms with Gasteiger partial charge in [0.05, 0.1) is 11.3 Å². The molecule has 0 aliphatic rings. The molecule has 0 spiro atoms. The van der Waals surface area contributed by atoms with Gasteiger partial charge in [0.25, 0.3) is 5.91 Å². The lowest BCUT2D eigenvalue weighted by molar-refractivity contribution is -0.135. The van der Waals surface area contributed by atoms with Gasteiger partial charge in [-0.15, -0.1) is 0 Å². The van der Waals surface area contributed by atoms with Crippen molar-refractivity contribution in [2.75, 3.05) is 6.54 Å². The Balaban J connectivity index is 2.78. The quantitative estimate of drug-likeness (QED) is 0.725. The van der Waals surface area contributed by atoms with E-state index in [1.165, 1.54) is 6.20 Å². The second-order valence-electron chi connectivity index (χ2n) is 2.99. The minimum Gasteiger partial charge on any atom is -0.480 e. The smallest absolute Gasteiger partial charge is 0.322 e. The van der Waals surface area contributed by atoms with Gasteiger partial charge in [0.2, 0.25) is 0 Å². The summed E-state index contributed by atoms with van der Waals surface area (Å²) in [7, 11) is 0. The molecule has 6 heteroatoms. The van der Waals surface area contributed by atoms with Crippen LogP contribution in [0.5, 0.6) is 0 Å². The van der Waals surface area contributed by atoms with Gasteiger partial charge in [-0.1, -0.05) is 0 Å². The van der Waals surface area contributed by atoms with Crippen LogP contribution in [0.3, 0.4) is 0 Å². The topological polar surface area (TPSA) is 92.2 Å². The Kier molecular flexibility index (Phi) is 3.33. The van der Waals surface area contributed by atoms with Crippen molar-refractivity contribution in [1.29, 1.82) is 0 Å². The van der Waals surface area contributed by atoms with E-state index in [1.54, 1.807) is 13.8 Å². The average Bonchev–Trinajstić information content (AvgIpc) is 2.14. The zero-order valence-electron chi connectivity index (χ0n) is 8.44. The molecule has 0 saturated heterocycles. The summed E-state index contributed by atoms with van der Waals surface area (Å²) in [6.07, 6.45) is 1.38. The summed E-state index contributed by atoms with van der Waals surface area (Å²) in [6.45, 7) is 2.97. The number of carboxylic acid groups (broad SMARTS) is 1. The maximum atomic E-state index is 11.4. The Morgan fingerprint density at radius 2 is 2.13 bits per heavy atom. The maximum absolute atomic E-state index is 11.4. The molecule has 6 nitrogen and oxygen atoms in total. The third-order valence-electron chi connectivity index (χ3n) is 1.74. The third kappa shape index (κ3) is 3.01. The van der Waals surface area contributed by atoms with Crippen LogP contribution >= 0.6 is 0 Å². The summed E-state index contributed by atoms with van der Waals surface area (Å²) >= 11 is 0. The highest BCUT2D eigenvalue weighted by Crippen LogP contribution is 2.02. The van der Waals surface area contributed by atoms with Crippen molar-refractivity contribution in [3.05, 3.63) is 23.3 Å². The molecule has 0 aliphatic heterocycles. The minimum atomic E-state index is -1.09. The molecule has 15 heavy (non-hydrogen) atoms. The van der Waals surface area contributed by atoms with Crippen molar-refractivity contribution in [2.45, 2.75) is 13.8 Å². The second kappa shape index (κ2) is 4.50. The minimum absolute atomic E-state index is 0.293. The fourth-order valence-electron chi connectivity index (χ4n) is 1.06. The molecule has 0 aliphatic carbocycles. The van der Waals surface area contributed by atoms with Crippen LogP contribution in [-0.4, -0.2) is 33.5 Å². The first kappa shape index (κ1) is 11.1. The molecule has 0 bridgehead atoms. The van der Waals surface area contributed by atoms with Crippen LogP contribution in [0.4, 0.5) is 0 Å². The van der Waals surface area contributed by atoms with E-state index in [4.69, 9.17) is 5.11 Å². The van der Waals surface area contributed by atoms with E-state index in [9.17, 15) is 9.59 Å². The van der Waals surface area contributed by atoms with E-state index in [0.717, 1.165) is 0 Å². The largest absolute Gasteiger partial charge is 0.480 e. The van der Waals surface area contributed by atoms with Crippen LogP contribution in [0.25, 0.3) is 0 Å². The molecule has 0 fully saturated rings. The van der Waals surface area contributed by atoms with Gasteiger partial charge in [-0.05, 0) is 13.8 Å². The van der Waals surface area contributed by atoms with Gasteiger partial charge in [-0.2, -0.15) is 0 Å². The van der Waals surface area contributed by atoms with Crippen LogP contribution in [0.1, 0.15) is 21.9 Å². The summed E-state index contributed by atoms with van der Waals surface area (Å²) in [6, 6.07) is 0. The van der Waals surface area contributed by atoms with Crippen LogP contribution < -0.4 is 5.32 Å². The van der Waals surface area contributed by atoms with Crippen molar-refractivity contribution in [3.8, 4) is 0 Å². The van der Waals surface area contributed by atoms with Crippen LogP contribution in [0, 0.1) is 13.8 Å². The fraction of sp³-hybridized carbons (Fsp3) is 0.333. The predicted octanol–water partition coefficient (Wildman–Crippen LogP) is -0.0922. The number of carboxylic acids is 1. The van der Waals surface area contributed by atoms with Crippen molar-refractivity contribution in [2.24, 2.45) is 0 Å². The van der Waals surface area contributed by atoms with Gasteiger partial charge in [0.15, 0.2) is 0 Å². The number of hydrogen-bond donors (Lipinski definition) is 2. The number of aliphatic carboxylic acids is 1. The number of aryl methyl sites for hydroxylation is 2. The molecule has 0 saturated carbocycles. The molecule has 0 unspecified atom stereocenters. The van der Waals surface area contributed by atoms with Crippen LogP contribution in [0.15, 0.2) is 6.20 Å². The highest BCUT2D eigenvalue weighted by atomic mass is 16.4. The van der Waals surface area contributed by atoms with E-state index in [0.29, 0.717) is 17.1 Å². The summed E-state index contributed by atoms with van der Waals surface area (Å²) in [5, 5.41) is 10.6. The second-order valence-corrected chi connectivity index (χ2v) is 2.99. The van der Waals surface area contributed by atoms with E-state index in [-0.39, 0.29) is 0 Å². The van der Waals surface area contributed by atoms with E-state index >= 15 is 0 Å². The Bertz CT molecular complexity index is 404. The highest BCUT2D eigenvalue weighted by molar-refractivity contribution is 5.96. The first-order chi connectivity index (χ1) is 7.00. The number of nitrogens with zero attached hydrogens (tertiary/aromatic N) is 2. The first-order valence-electron chi connectivity index (χ1n) is 4.31. The molecule has 0 radical (unpaired) electrons. The highest BCUT2D eigenvalue weighted by Gasteiger charge is 2.11. The lowest BCUT2D eigenvalue weighted by Crippen LogP contribution is -2.30. The van der Waals surface area contributed by atoms with Gasteiger partial charge < -0.3 is 10.4 Å². The molecule has 1 aromatic rings.